The first-order valence-corrected chi connectivity index (χ1v) is 17.5. The van der Waals surface area contributed by atoms with Crippen LogP contribution in [0.2, 0.25) is 0 Å². The van der Waals surface area contributed by atoms with Crippen LogP contribution >= 0.6 is 23.1 Å². The highest BCUT2D eigenvalue weighted by Gasteiger charge is 2.29. The summed E-state index contributed by atoms with van der Waals surface area (Å²) in [6.07, 6.45) is 7.77. The van der Waals surface area contributed by atoms with Gasteiger partial charge < -0.3 is 23.0 Å². The fourth-order valence-corrected chi connectivity index (χ4v) is 8.26. The highest BCUT2D eigenvalue weighted by Crippen LogP contribution is 2.48. The standard InChI is InChI=1S/C27H25N3O7S4/c31-40(32,33)15-3-12-29-21-17-19(28-10-1-2-11-28)5-7-23(21)38-25(29)18-26-30(13-4-16-41(34,35)36)27-20-9-14-37-22(20)6-8-24(27)39-26/h1-2,5-11,14,17-18H,3-4,12-13,15-16H2,(H-,31,32,33,34,35,36)/p-1. The molecule has 0 N–H and O–H groups in total. The van der Waals surface area contributed by atoms with Crippen LogP contribution in [-0.2, 0) is 26.8 Å². The lowest BCUT2D eigenvalue weighted by Gasteiger charge is -2.21. The van der Waals surface area contributed by atoms with Gasteiger partial charge in [-0.25, -0.2) is 16.8 Å². The highest BCUT2D eigenvalue weighted by molar-refractivity contribution is 8.04. The fraction of sp³-hybridized carbons (Fsp3) is 0.222. The number of aromatic nitrogens is 2. The molecule has 0 radical (unpaired) electrons. The monoisotopic (exact) mass is 630 g/mol. The Morgan fingerprint density at radius 1 is 0.951 bits per heavy atom. The molecular weight excluding hydrogens is 607 g/mol. The molecule has 0 fully saturated rings. The number of nitrogens with zero attached hydrogens (tertiary/aromatic N) is 3. The van der Waals surface area contributed by atoms with Crippen molar-refractivity contribution in [2.24, 2.45) is 0 Å². The molecule has 5 aromatic rings. The maximum absolute atomic E-state index is 11.4. The molecule has 2 aromatic carbocycles. The summed E-state index contributed by atoms with van der Waals surface area (Å²) in [5.74, 6) is -0.952. The van der Waals surface area contributed by atoms with Crippen molar-refractivity contribution in [1.29, 1.82) is 0 Å². The van der Waals surface area contributed by atoms with E-state index < -0.39 is 31.7 Å². The first-order chi connectivity index (χ1) is 19.6. The van der Waals surface area contributed by atoms with Gasteiger partial charge in [-0.3, -0.25) is 0 Å². The Kier molecular flexibility index (Phi) is 7.46. The molecule has 0 saturated heterocycles. The van der Waals surface area contributed by atoms with Crippen LogP contribution in [0, 0.1) is 0 Å². The number of benzene rings is 2. The summed E-state index contributed by atoms with van der Waals surface area (Å²) in [6.45, 7) is 0.614. The fourth-order valence-electron chi connectivity index (χ4n) is 4.98. The molecule has 3 aromatic heterocycles. The summed E-state index contributed by atoms with van der Waals surface area (Å²) >= 11 is 3.06. The average molecular weight is 631 g/mol. The number of hydrogen-bond donors (Lipinski definition) is 0. The van der Waals surface area contributed by atoms with Crippen molar-refractivity contribution >= 4 is 76.3 Å². The van der Waals surface area contributed by atoms with Gasteiger partial charge in [0.1, 0.15) is 10.3 Å². The zero-order valence-electron chi connectivity index (χ0n) is 21.5. The number of aryl methyl sites for hydroxylation is 1. The Bertz CT molecular complexity index is 1990. The maximum atomic E-state index is 11.4. The minimum Gasteiger partial charge on any atom is -0.748 e. The largest absolute Gasteiger partial charge is 0.748 e. The van der Waals surface area contributed by atoms with Gasteiger partial charge in [0.05, 0.1) is 48.7 Å². The van der Waals surface area contributed by atoms with Crippen LogP contribution in [0.1, 0.15) is 17.8 Å². The van der Waals surface area contributed by atoms with Crippen LogP contribution in [0.15, 0.2) is 81.5 Å². The van der Waals surface area contributed by atoms with Gasteiger partial charge in [0, 0.05) is 47.4 Å². The van der Waals surface area contributed by atoms with Crippen LogP contribution in [0.5, 0.6) is 0 Å². The molecule has 0 bridgehead atoms. The zero-order valence-corrected chi connectivity index (χ0v) is 24.8. The van der Waals surface area contributed by atoms with Crippen molar-refractivity contribution in [3.8, 4) is 5.69 Å². The molecule has 0 atom stereocenters. The van der Waals surface area contributed by atoms with Gasteiger partial charge in [-0.05, 0) is 55.0 Å². The van der Waals surface area contributed by atoms with E-state index in [0.29, 0.717) is 18.7 Å². The topological polar surface area (TPSA) is 140 Å². The predicted molar refractivity (Wildman–Crippen MR) is 157 cm³/mol. The number of thioether (sulfide) groups is 1. The lowest BCUT2D eigenvalue weighted by Crippen LogP contribution is -2.36. The molecule has 10 nitrogen and oxygen atoms in total. The van der Waals surface area contributed by atoms with E-state index in [1.165, 1.54) is 23.1 Å². The molecule has 41 heavy (non-hydrogen) atoms. The molecule has 214 valence electrons. The third-order valence-electron chi connectivity index (χ3n) is 6.74. The van der Waals surface area contributed by atoms with Gasteiger partial charge in [0.15, 0.2) is 6.54 Å². The van der Waals surface area contributed by atoms with Crippen molar-refractivity contribution < 1.29 is 34.9 Å². The third kappa shape index (κ3) is 6.08. The van der Waals surface area contributed by atoms with Crippen molar-refractivity contribution in [2.75, 3.05) is 23.0 Å². The summed E-state index contributed by atoms with van der Waals surface area (Å²) in [5, 5.41) is 2.55. The average Bonchev–Trinajstić information content (AvgIpc) is 3.69. The molecule has 1 aliphatic heterocycles. The molecule has 0 spiro atoms. The zero-order chi connectivity index (χ0) is 28.8. The molecule has 14 heteroatoms. The van der Waals surface area contributed by atoms with Gasteiger partial charge in [-0.1, -0.05) is 23.1 Å². The van der Waals surface area contributed by atoms with E-state index in [4.69, 9.17) is 4.42 Å². The second-order valence-corrected chi connectivity index (χ2v) is 14.7. The number of anilines is 1. The summed E-state index contributed by atoms with van der Waals surface area (Å²) < 4.78 is 78.7. The number of rotatable bonds is 10. The molecule has 0 unspecified atom stereocenters. The molecule has 0 aliphatic carbocycles. The number of fused-ring (bicyclic) bond motifs is 4. The molecule has 1 aliphatic rings. The van der Waals surface area contributed by atoms with E-state index in [2.05, 4.69) is 0 Å². The third-order valence-corrected chi connectivity index (χ3v) is 10.5. The summed E-state index contributed by atoms with van der Waals surface area (Å²) in [5.41, 5.74) is 3.42. The molecular formula is C27H24N3O7S4-. The quantitative estimate of drug-likeness (QED) is 0.161. The normalized spacial score (nSPS) is 15.0. The van der Waals surface area contributed by atoms with Gasteiger partial charge >= 0.3 is 0 Å². The van der Waals surface area contributed by atoms with Crippen molar-refractivity contribution in [3.05, 3.63) is 77.2 Å². The van der Waals surface area contributed by atoms with E-state index in [0.717, 1.165) is 41.9 Å². The highest BCUT2D eigenvalue weighted by atomic mass is 32.2. The van der Waals surface area contributed by atoms with Crippen LogP contribution < -0.4 is 9.47 Å². The number of hydrogen-bond acceptors (Lipinski definition) is 10. The van der Waals surface area contributed by atoms with Crippen LogP contribution in [0.25, 0.3) is 32.9 Å². The van der Waals surface area contributed by atoms with Crippen molar-refractivity contribution in [2.45, 2.75) is 24.3 Å². The Hall–Kier alpha value is -3.14. The van der Waals surface area contributed by atoms with E-state index in [1.807, 2.05) is 81.0 Å². The summed E-state index contributed by atoms with van der Waals surface area (Å²) in [7, 11) is -8.74. The van der Waals surface area contributed by atoms with Gasteiger partial charge in [-0.2, -0.15) is 4.57 Å². The predicted octanol–water partition coefficient (Wildman–Crippen LogP) is 4.51. The Labute approximate surface area is 245 Å². The molecule has 0 saturated carbocycles. The summed E-state index contributed by atoms with van der Waals surface area (Å²) in [4.78, 5) is 3.00. The lowest BCUT2D eigenvalue weighted by atomic mass is 10.2. The second-order valence-electron chi connectivity index (χ2n) is 9.55. The Morgan fingerprint density at radius 2 is 1.71 bits per heavy atom. The minimum atomic E-state index is -4.37. The maximum Gasteiger partial charge on any atom is 0.265 e. The number of thiazole rings is 1. The number of furan rings is 1. The minimum absolute atomic E-state index is 0.144. The smallest absolute Gasteiger partial charge is 0.265 e. The Balaban J connectivity index is 1.43. The molecule has 4 heterocycles. The van der Waals surface area contributed by atoms with Crippen molar-refractivity contribution in [1.82, 2.24) is 4.57 Å². The summed E-state index contributed by atoms with van der Waals surface area (Å²) in [6, 6.07) is 15.6. The van der Waals surface area contributed by atoms with E-state index in [9.17, 15) is 25.9 Å². The molecule has 6 rings (SSSR count). The van der Waals surface area contributed by atoms with Gasteiger partial charge in [0.2, 0.25) is 5.52 Å². The first-order valence-electron chi connectivity index (χ1n) is 12.7. The second kappa shape index (κ2) is 10.9. The van der Waals surface area contributed by atoms with Crippen molar-refractivity contribution in [3.63, 3.8) is 0 Å². The SMILES string of the molecule is O=S(=O)([O-])CCCN1/C(=C/c2sc3ccc4occc4c3[n+]2CCCS(=O)(=O)[O-])Sc2ccc(-n3cccc3)cc21. The van der Waals surface area contributed by atoms with E-state index in [1.54, 1.807) is 6.26 Å². The van der Waals surface area contributed by atoms with E-state index >= 15 is 0 Å². The van der Waals surface area contributed by atoms with Crippen LogP contribution in [0.4, 0.5) is 5.69 Å². The van der Waals surface area contributed by atoms with E-state index in [-0.39, 0.29) is 12.8 Å². The van der Waals surface area contributed by atoms with Gasteiger partial charge in [0.25, 0.3) is 5.01 Å². The molecule has 0 amide bonds. The van der Waals surface area contributed by atoms with Gasteiger partial charge in [-0.15, -0.1) is 0 Å². The Morgan fingerprint density at radius 3 is 2.46 bits per heavy atom. The first kappa shape index (κ1) is 28.0. The van der Waals surface area contributed by atoms with Crippen LogP contribution in [-0.4, -0.2) is 48.6 Å². The van der Waals surface area contributed by atoms with Crippen LogP contribution in [0.3, 0.4) is 0 Å². The lowest BCUT2D eigenvalue weighted by molar-refractivity contribution is -0.667.